The number of carbonyl (C=O) groups is 3. The molecule has 9 heteroatoms. The quantitative estimate of drug-likeness (QED) is 0.514. The zero-order valence-corrected chi connectivity index (χ0v) is 21.8. The standard InChI is InChI=1S/C27H30ClN3O4S/c1-15-12-20-21(24(33)29-2)22-26(35)31(19(14-32)13-16-6-4-3-5-7-16)23(27(15,22)36-20)25(34)30-18-10-8-17(28)9-11-18/h3-11,15,19-23,32H,12-14H2,1-2H3,(H,29,33)(H,30,34)/t15?,19-,20-,21+,22+,23?,27?/m1/s1. The van der Waals surface area contributed by atoms with Gasteiger partial charge in [0.1, 0.15) is 6.04 Å². The number of thioether (sulfide) groups is 1. The minimum absolute atomic E-state index is 0.0245. The summed E-state index contributed by atoms with van der Waals surface area (Å²) in [6.45, 7) is 1.78. The number of nitrogens with zero attached hydrogens (tertiary/aromatic N) is 1. The maximum Gasteiger partial charge on any atom is 0.248 e. The number of hydrogen-bond donors (Lipinski definition) is 3. The molecule has 190 valence electrons. The van der Waals surface area contributed by atoms with Gasteiger partial charge in [0, 0.05) is 23.0 Å². The summed E-state index contributed by atoms with van der Waals surface area (Å²) >= 11 is 7.64. The van der Waals surface area contributed by atoms with E-state index in [1.165, 1.54) is 0 Å². The summed E-state index contributed by atoms with van der Waals surface area (Å²) < 4.78 is -0.750. The van der Waals surface area contributed by atoms with Gasteiger partial charge >= 0.3 is 0 Å². The topological polar surface area (TPSA) is 98.7 Å². The summed E-state index contributed by atoms with van der Waals surface area (Å²) in [5.41, 5.74) is 1.54. The fourth-order valence-electron chi connectivity index (χ4n) is 6.50. The van der Waals surface area contributed by atoms with E-state index in [4.69, 9.17) is 11.6 Å². The van der Waals surface area contributed by atoms with E-state index in [1.54, 1.807) is 48.0 Å². The predicted octanol–water partition coefficient (Wildman–Crippen LogP) is 2.97. The molecule has 36 heavy (non-hydrogen) atoms. The number of halogens is 1. The van der Waals surface area contributed by atoms with Gasteiger partial charge in [-0.25, -0.2) is 0 Å². The van der Waals surface area contributed by atoms with Gasteiger partial charge in [-0.2, -0.15) is 0 Å². The summed E-state index contributed by atoms with van der Waals surface area (Å²) in [6.07, 6.45) is 1.16. The molecule has 0 aliphatic carbocycles. The minimum atomic E-state index is -0.828. The predicted molar refractivity (Wildman–Crippen MR) is 141 cm³/mol. The Morgan fingerprint density at radius 1 is 1.17 bits per heavy atom. The first-order valence-electron chi connectivity index (χ1n) is 12.2. The van der Waals surface area contributed by atoms with E-state index in [1.807, 2.05) is 30.3 Å². The lowest BCUT2D eigenvalue weighted by Gasteiger charge is -2.40. The number of benzene rings is 2. The molecule has 2 aromatic rings. The molecular weight excluding hydrogens is 498 g/mol. The number of hydrogen-bond acceptors (Lipinski definition) is 5. The number of aliphatic hydroxyl groups is 1. The van der Waals surface area contributed by atoms with Crippen LogP contribution in [0.4, 0.5) is 5.69 Å². The molecule has 1 spiro atoms. The average molecular weight is 528 g/mol. The number of carbonyl (C=O) groups excluding carboxylic acids is 3. The Morgan fingerprint density at radius 2 is 1.86 bits per heavy atom. The molecule has 3 N–H and O–H groups in total. The van der Waals surface area contributed by atoms with Crippen LogP contribution in [-0.4, -0.2) is 63.5 Å². The minimum Gasteiger partial charge on any atom is -0.394 e. The van der Waals surface area contributed by atoms with Crippen molar-refractivity contribution < 1.29 is 19.5 Å². The van der Waals surface area contributed by atoms with E-state index in [0.29, 0.717) is 17.1 Å². The van der Waals surface area contributed by atoms with Gasteiger partial charge in [0.25, 0.3) is 0 Å². The van der Waals surface area contributed by atoms with Crippen molar-refractivity contribution in [1.82, 2.24) is 10.2 Å². The third-order valence-corrected chi connectivity index (χ3v) is 10.3. The highest BCUT2D eigenvalue weighted by atomic mass is 35.5. The van der Waals surface area contributed by atoms with Crippen molar-refractivity contribution in [3.05, 3.63) is 65.2 Å². The van der Waals surface area contributed by atoms with Gasteiger partial charge in [-0.05, 0) is 48.6 Å². The molecule has 3 unspecified atom stereocenters. The largest absolute Gasteiger partial charge is 0.394 e. The molecule has 3 heterocycles. The van der Waals surface area contributed by atoms with Crippen molar-refractivity contribution in [1.29, 1.82) is 0 Å². The molecule has 0 radical (unpaired) electrons. The van der Waals surface area contributed by atoms with E-state index in [0.717, 1.165) is 12.0 Å². The fourth-order valence-corrected chi connectivity index (χ4v) is 9.03. The molecule has 3 saturated heterocycles. The molecule has 2 aromatic carbocycles. The van der Waals surface area contributed by atoms with Crippen molar-refractivity contribution in [2.45, 2.75) is 41.8 Å². The van der Waals surface area contributed by atoms with Crippen LogP contribution in [0.25, 0.3) is 0 Å². The zero-order valence-electron chi connectivity index (χ0n) is 20.2. The summed E-state index contributed by atoms with van der Waals surface area (Å²) in [5.74, 6) is -1.78. The first-order chi connectivity index (χ1) is 17.3. The molecule has 0 saturated carbocycles. The highest BCUT2D eigenvalue weighted by Gasteiger charge is 2.76. The van der Waals surface area contributed by atoms with E-state index in [9.17, 15) is 19.5 Å². The Bertz CT molecular complexity index is 1160. The van der Waals surface area contributed by atoms with Gasteiger partial charge < -0.3 is 20.6 Å². The van der Waals surface area contributed by atoms with E-state index >= 15 is 0 Å². The zero-order chi connectivity index (χ0) is 25.6. The van der Waals surface area contributed by atoms with Crippen molar-refractivity contribution in [2.75, 3.05) is 19.0 Å². The number of anilines is 1. The number of amides is 3. The summed E-state index contributed by atoms with van der Waals surface area (Å²) in [5, 5.41) is 16.7. The van der Waals surface area contributed by atoms with Gasteiger partial charge in [0.15, 0.2) is 0 Å². The van der Waals surface area contributed by atoms with Gasteiger partial charge in [0.2, 0.25) is 17.7 Å². The van der Waals surface area contributed by atoms with E-state index in [-0.39, 0.29) is 35.5 Å². The van der Waals surface area contributed by atoms with Crippen molar-refractivity contribution in [2.24, 2.45) is 17.8 Å². The number of aliphatic hydroxyl groups excluding tert-OH is 1. The van der Waals surface area contributed by atoms with Crippen LogP contribution in [0.1, 0.15) is 18.9 Å². The van der Waals surface area contributed by atoms with Gasteiger partial charge in [-0.15, -0.1) is 11.8 Å². The van der Waals surface area contributed by atoms with Crippen LogP contribution in [-0.2, 0) is 20.8 Å². The SMILES string of the molecule is CNC(=O)[C@@H]1[C@H]2C(=O)N([C@@H](CO)Cc3ccccc3)C(C(=O)Nc3ccc(Cl)cc3)C23S[C@@H]1CC3C. The molecule has 3 fully saturated rings. The molecule has 2 bridgehead atoms. The third kappa shape index (κ3) is 3.90. The van der Waals surface area contributed by atoms with Crippen LogP contribution in [0.5, 0.6) is 0 Å². The molecule has 7 nitrogen and oxygen atoms in total. The summed E-state index contributed by atoms with van der Waals surface area (Å²) in [4.78, 5) is 42.7. The van der Waals surface area contributed by atoms with Crippen molar-refractivity contribution in [3.63, 3.8) is 0 Å². The summed E-state index contributed by atoms with van der Waals surface area (Å²) in [7, 11) is 1.59. The average Bonchev–Trinajstić information content (AvgIpc) is 3.47. The van der Waals surface area contributed by atoms with Crippen LogP contribution >= 0.6 is 23.4 Å². The Kier molecular flexibility index (Phi) is 6.78. The van der Waals surface area contributed by atoms with Crippen LogP contribution in [0.15, 0.2) is 54.6 Å². The normalized spacial score (nSPS) is 31.3. The maximum atomic E-state index is 14.2. The Labute approximate surface area is 220 Å². The molecule has 3 aliphatic heterocycles. The lowest BCUT2D eigenvalue weighted by Crippen LogP contribution is -2.57. The van der Waals surface area contributed by atoms with Crippen molar-refractivity contribution in [3.8, 4) is 0 Å². The number of likely N-dealkylation sites (tertiary alicyclic amines) is 1. The number of rotatable bonds is 7. The molecule has 7 atom stereocenters. The monoisotopic (exact) mass is 527 g/mol. The second-order valence-electron chi connectivity index (χ2n) is 9.93. The highest BCUT2D eigenvalue weighted by molar-refractivity contribution is 8.02. The van der Waals surface area contributed by atoms with Gasteiger partial charge in [-0.1, -0.05) is 48.9 Å². The smallest absolute Gasteiger partial charge is 0.248 e. The van der Waals surface area contributed by atoms with Crippen molar-refractivity contribution >= 4 is 46.8 Å². The van der Waals surface area contributed by atoms with Gasteiger partial charge in [0.05, 0.1) is 29.2 Å². The highest BCUT2D eigenvalue weighted by Crippen LogP contribution is 2.68. The number of nitrogens with one attached hydrogen (secondary N) is 2. The maximum absolute atomic E-state index is 14.2. The van der Waals surface area contributed by atoms with Crippen LogP contribution in [0.2, 0.25) is 5.02 Å². The molecule has 3 aliphatic rings. The Hall–Kier alpha value is -2.55. The first kappa shape index (κ1) is 25.1. The molecule has 0 aromatic heterocycles. The van der Waals surface area contributed by atoms with Gasteiger partial charge in [-0.3, -0.25) is 14.4 Å². The fraction of sp³-hybridized carbons (Fsp3) is 0.444. The molecule has 3 amide bonds. The van der Waals surface area contributed by atoms with Crippen LogP contribution in [0.3, 0.4) is 0 Å². The lowest BCUT2D eigenvalue weighted by atomic mass is 9.66. The second kappa shape index (κ2) is 9.72. The lowest BCUT2D eigenvalue weighted by molar-refractivity contribution is -0.142. The Balaban J connectivity index is 1.57. The van der Waals surface area contributed by atoms with E-state index < -0.39 is 28.7 Å². The summed E-state index contributed by atoms with van der Waals surface area (Å²) in [6, 6.07) is 15.0. The van der Waals surface area contributed by atoms with E-state index in [2.05, 4.69) is 17.6 Å². The molecule has 5 rings (SSSR count). The first-order valence-corrected chi connectivity index (χ1v) is 13.5. The Morgan fingerprint density at radius 3 is 2.50 bits per heavy atom. The number of fused-ring (bicyclic) bond motifs is 1. The van der Waals surface area contributed by atoms with Crippen LogP contribution < -0.4 is 10.6 Å². The second-order valence-corrected chi connectivity index (χ2v) is 11.9. The molecular formula is C27H30ClN3O4S. The third-order valence-electron chi connectivity index (χ3n) is 8.01. The van der Waals surface area contributed by atoms with Crippen LogP contribution in [0, 0.1) is 17.8 Å².